The Bertz CT molecular complexity index is 709. The summed E-state index contributed by atoms with van der Waals surface area (Å²) in [5.41, 5.74) is 0. The third-order valence-electron chi connectivity index (χ3n) is 4.32. The van der Waals surface area contributed by atoms with Gasteiger partial charge in [-0.05, 0) is 37.1 Å². The van der Waals surface area contributed by atoms with E-state index in [9.17, 15) is 9.18 Å². The maximum absolute atomic E-state index is 12.9. The molecule has 1 saturated heterocycles. The molecule has 2 heterocycles. The van der Waals surface area contributed by atoms with E-state index in [-0.39, 0.29) is 23.6 Å². The van der Waals surface area contributed by atoms with Crippen molar-refractivity contribution in [3.05, 3.63) is 41.9 Å². The quantitative estimate of drug-likeness (QED) is 0.756. The van der Waals surface area contributed by atoms with Crippen LogP contribution in [-0.4, -0.2) is 39.8 Å². The lowest BCUT2D eigenvalue weighted by Gasteiger charge is -2.30. The molecular weight excluding hydrogens is 341 g/mol. The van der Waals surface area contributed by atoms with E-state index in [0.717, 1.165) is 17.7 Å². The Hall–Kier alpha value is -1.89. The molecule has 0 N–H and O–H groups in total. The molecule has 0 radical (unpaired) electrons. The van der Waals surface area contributed by atoms with Crippen molar-refractivity contribution >= 4 is 17.7 Å². The molecular formula is C18H22FN3O2S. The Morgan fingerprint density at radius 2 is 1.96 bits per heavy atom. The summed E-state index contributed by atoms with van der Waals surface area (Å²) < 4.78 is 18.6. The molecule has 1 aliphatic rings. The van der Waals surface area contributed by atoms with E-state index in [1.807, 2.05) is 18.7 Å². The standard InChI is InChI=1S/C18H22FN3O2S/c1-12(2)17-20-21-18(24-17)13-7-9-22(10-8-13)16(23)11-25-15-5-3-14(19)4-6-15/h3-6,12-13H,7-11H2,1-2H3. The lowest BCUT2D eigenvalue weighted by Crippen LogP contribution is -2.39. The molecule has 1 aromatic heterocycles. The molecule has 25 heavy (non-hydrogen) atoms. The van der Waals surface area contributed by atoms with Gasteiger partial charge in [0.15, 0.2) is 0 Å². The molecule has 0 spiro atoms. The number of aromatic nitrogens is 2. The van der Waals surface area contributed by atoms with Crippen molar-refractivity contribution in [1.82, 2.24) is 15.1 Å². The molecule has 1 aromatic carbocycles. The molecule has 1 aliphatic heterocycles. The second-order valence-corrected chi connectivity index (χ2v) is 7.58. The number of carbonyl (C=O) groups is 1. The summed E-state index contributed by atoms with van der Waals surface area (Å²) in [6.07, 6.45) is 1.68. The molecule has 134 valence electrons. The van der Waals surface area contributed by atoms with Crippen LogP contribution in [0.15, 0.2) is 33.6 Å². The molecule has 0 atom stereocenters. The highest BCUT2D eigenvalue weighted by Gasteiger charge is 2.27. The average molecular weight is 363 g/mol. The summed E-state index contributed by atoms with van der Waals surface area (Å²) in [6.45, 7) is 5.45. The van der Waals surface area contributed by atoms with Crippen LogP contribution < -0.4 is 0 Å². The fourth-order valence-corrected chi connectivity index (χ4v) is 3.59. The number of carbonyl (C=O) groups excluding carboxylic acids is 1. The number of hydrogen-bond acceptors (Lipinski definition) is 5. The van der Waals surface area contributed by atoms with Gasteiger partial charge in [-0.15, -0.1) is 22.0 Å². The van der Waals surface area contributed by atoms with Crippen LogP contribution in [0, 0.1) is 5.82 Å². The number of amides is 1. The first-order valence-electron chi connectivity index (χ1n) is 8.52. The third-order valence-corrected chi connectivity index (χ3v) is 5.32. The zero-order valence-corrected chi connectivity index (χ0v) is 15.3. The predicted molar refractivity (Wildman–Crippen MR) is 94.1 cm³/mol. The maximum atomic E-state index is 12.9. The zero-order valence-electron chi connectivity index (χ0n) is 14.4. The van der Waals surface area contributed by atoms with E-state index in [0.29, 0.717) is 30.6 Å². The molecule has 5 nitrogen and oxygen atoms in total. The van der Waals surface area contributed by atoms with Gasteiger partial charge < -0.3 is 9.32 Å². The Morgan fingerprint density at radius 3 is 2.56 bits per heavy atom. The Kier molecular flexibility index (Phi) is 5.73. The van der Waals surface area contributed by atoms with Crippen LogP contribution in [0.4, 0.5) is 4.39 Å². The summed E-state index contributed by atoms with van der Waals surface area (Å²) in [4.78, 5) is 15.1. The van der Waals surface area contributed by atoms with Crippen molar-refractivity contribution < 1.29 is 13.6 Å². The topological polar surface area (TPSA) is 59.2 Å². The van der Waals surface area contributed by atoms with Gasteiger partial charge in [-0.25, -0.2) is 4.39 Å². The van der Waals surface area contributed by atoms with Crippen LogP contribution in [0.2, 0.25) is 0 Å². The SMILES string of the molecule is CC(C)c1nnc(C2CCN(C(=O)CSc3ccc(F)cc3)CC2)o1. The van der Waals surface area contributed by atoms with Gasteiger partial charge in [-0.2, -0.15) is 0 Å². The average Bonchev–Trinajstić information content (AvgIpc) is 3.11. The van der Waals surface area contributed by atoms with E-state index < -0.39 is 0 Å². The van der Waals surface area contributed by atoms with Gasteiger partial charge in [0, 0.05) is 29.8 Å². The predicted octanol–water partition coefficient (Wildman–Crippen LogP) is 3.83. The monoisotopic (exact) mass is 363 g/mol. The van der Waals surface area contributed by atoms with Gasteiger partial charge in [0.05, 0.1) is 5.75 Å². The third kappa shape index (κ3) is 4.60. The maximum Gasteiger partial charge on any atom is 0.232 e. The van der Waals surface area contributed by atoms with E-state index >= 15 is 0 Å². The van der Waals surface area contributed by atoms with Crippen LogP contribution in [0.5, 0.6) is 0 Å². The molecule has 0 saturated carbocycles. The van der Waals surface area contributed by atoms with Gasteiger partial charge in [-0.3, -0.25) is 4.79 Å². The first-order chi connectivity index (χ1) is 12.0. The summed E-state index contributed by atoms with van der Waals surface area (Å²) in [7, 11) is 0. The number of nitrogens with zero attached hydrogens (tertiary/aromatic N) is 3. The number of thioether (sulfide) groups is 1. The van der Waals surface area contributed by atoms with Crippen LogP contribution in [0.1, 0.15) is 50.3 Å². The Labute approximate surface area is 151 Å². The zero-order chi connectivity index (χ0) is 17.8. The molecule has 0 unspecified atom stereocenters. The van der Waals surface area contributed by atoms with Crippen molar-refractivity contribution in [2.24, 2.45) is 0 Å². The van der Waals surface area contributed by atoms with Crippen LogP contribution in [0.3, 0.4) is 0 Å². The van der Waals surface area contributed by atoms with Crippen LogP contribution in [0.25, 0.3) is 0 Å². The molecule has 0 bridgehead atoms. The number of piperidine rings is 1. The largest absolute Gasteiger partial charge is 0.425 e. The van der Waals surface area contributed by atoms with Gasteiger partial charge in [0.1, 0.15) is 5.82 Å². The minimum absolute atomic E-state index is 0.112. The fourth-order valence-electron chi connectivity index (χ4n) is 2.79. The highest BCUT2D eigenvalue weighted by molar-refractivity contribution is 8.00. The van der Waals surface area contributed by atoms with Crippen molar-refractivity contribution in [3.63, 3.8) is 0 Å². The van der Waals surface area contributed by atoms with Crippen LogP contribution in [-0.2, 0) is 4.79 Å². The van der Waals surface area contributed by atoms with E-state index in [4.69, 9.17) is 4.42 Å². The van der Waals surface area contributed by atoms with Crippen LogP contribution >= 0.6 is 11.8 Å². The van der Waals surface area contributed by atoms with Crippen molar-refractivity contribution in [2.75, 3.05) is 18.8 Å². The second kappa shape index (κ2) is 7.99. The number of benzene rings is 1. The Balaban J connectivity index is 1.47. The molecule has 1 fully saturated rings. The lowest BCUT2D eigenvalue weighted by atomic mass is 9.97. The summed E-state index contributed by atoms with van der Waals surface area (Å²) >= 11 is 1.44. The van der Waals surface area contributed by atoms with Gasteiger partial charge in [-0.1, -0.05) is 13.8 Å². The number of likely N-dealkylation sites (tertiary alicyclic amines) is 1. The first-order valence-corrected chi connectivity index (χ1v) is 9.51. The number of rotatable bonds is 5. The lowest BCUT2D eigenvalue weighted by molar-refractivity contribution is -0.129. The van der Waals surface area contributed by atoms with Gasteiger partial charge in [0.25, 0.3) is 0 Å². The molecule has 7 heteroatoms. The normalized spacial score (nSPS) is 15.8. The molecule has 0 aliphatic carbocycles. The minimum Gasteiger partial charge on any atom is -0.425 e. The van der Waals surface area contributed by atoms with Gasteiger partial charge in [0.2, 0.25) is 17.7 Å². The second-order valence-electron chi connectivity index (χ2n) is 6.53. The van der Waals surface area contributed by atoms with E-state index in [1.165, 1.54) is 23.9 Å². The van der Waals surface area contributed by atoms with Crippen molar-refractivity contribution in [3.8, 4) is 0 Å². The van der Waals surface area contributed by atoms with Gasteiger partial charge >= 0.3 is 0 Å². The number of hydrogen-bond donors (Lipinski definition) is 0. The minimum atomic E-state index is -0.264. The highest BCUT2D eigenvalue weighted by atomic mass is 32.2. The fraction of sp³-hybridized carbons (Fsp3) is 0.500. The van der Waals surface area contributed by atoms with E-state index in [1.54, 1.807) is 12.1 Å². The first kappa shape index (κ1) is 17.9. The smallest absolute Gasteiger partial charge is 0.232 e. The highest BCUT2D eigenvalue weighted by Crippen LogP contribution is 2.29. The molecule has 1 amide bonds. The Morgan fingerprint density at radius 1 is 1.28 bits per heavy atom. The summed E-state index contributed by atoms with van der Waals surface area (Å²) in [5, 5.41) is 8.25. The summed E-state index contributed by atoms with van der Waals surface area (Å²) in [5.74, 6) is 2.04. The summed E-state index contributed by atoms with van der Waals surface area (Å²) in [6, 6.07) is 6.21. The van der Waals surface area contributed by atoms with Crippen molar-refractivity contribution in [1.29, 1.82) is 0 Å². The number of halogens is 1. The molecule has 2 aromatic rings. The van der Waals surface area contributed by atoms with Crippen molar-refractivity contribution in [2.45, 2.75) is 43.4 Å². The molecule has 3 rings (SSSR count). The van der Waals surface area contributed by atoms with E-state index in [2.05, 4.69) is 10.2 Å².